The van der Waals surface area contributed by atoms with Gasteiger partial charge in [-0.15, -0.1) is 0 Å². The summed E-state index contributed by atoms with van der Waals surface area (Å²) in [4.78, 5) is 11.6. The van der Waals surface area contributed by atoms with E-state index in [2.05, 4.69) is 0 Å². The molecule has 1 unspecified atom stereocenters. The number of carbonyl (C=O) groups is 1. The second-order valence-corrected chi connectivity index (χ2v) is 3.77. The van der Waals surface area contributed by atoms with E-state index < -0.39 is 5.79 Å². The molecule has 0 spiro atoms. The molecule has 1 aliphatic carbocycles. The molecular formula is C10H16O3. The monoisotopic (exact) mass is 184 g/mol. The van der Waals surface area contributed by atoms with Crippen LogP contribution in [0.3, 0.4) is 0 Å². The zero-order valence-electron chi connectivity index (χ0n) is 8.04. The van der Waals surface area contributed by atoms with Gasteiger partial charge in [-0.3, -0.25) is 4.79 Å². The quantitative estimate of drug-likeness (QED) is 0.652. The predicted octanol–water partition coefficient (Wildman–Crippen LogP) is 1.51. The molecule has 0 radical (unpaired) electrons. The van der Waals surface area contributed by atoms with Crippen molar-refractivity contribution in [1.82, 2.24) is 0 Å². The summed E-state index contributed by atoms with van der Waals surface area (Å²) >= 11 is 0. The highest BCUT2D eigenvalue weighted by Gasteiger charge is 2.47. The summed E-state index contributed by atoms with van der Waals surface area (Å²) in [7, 11) is 0. The molecule has 2 rings (SSSR count). The van der Waals surface area contributed by atoms with Gasteiger partial charge in [-0.2, -0.15) is 0 Å². The zero-order valence-corrected chi connectivity index (χ0v) is 8.04. The summed E-state index contributed by atoms with van der Waals surface area (Å²) in [6, 6.07) is 0. The van der Waals surface area contributed by atoms with E-state index in [0.717, 1.165) is 19.3 Å². The Hall–Kier alpha value is -0.410. The normalized spacial score (nSPS) is 32.7. The van der Waals surface area contributed by atoms with Gasteiger partial charge in [-0.05, 0) is 19.3 Å². The topological polar surface area (TPSA) is 35.5 Å². The molecule has 2 aliphatic rings. The van der Waals surface area contributed by atoms with Crippen LogP contribution in [0.5, 0.6) is 0 Å². The molecule has 3 heteroatoms. The molecule has 0 aromatic heterocycles. The molecule has 1 aliphatic heterocycles. The second-order valence-electron chi connectivity index (χ2n) is 3.77. The maximum atomic E-state index is 11.6. The van der Waals surface area contributed by atoms with Crippen LogP contribution in [0.15, 0.2) is 0 Å². The van der Waals surface area contributed by atoms with Gasteiger partial charge in [0.25, 0.3) is 0 Å². The molecule has 74 valence electrons. The third kappa shape index (κ3) is 1.40. The van der Waals surface area contributed by atoms with Crippen LogP contribution in [0.4, 0.5) is 0 Å². The van der Waals surface area contributed by atoms with Crippen molar-refractivity contribution in [3.8, 4) is 0 Å². The van der Waals surface area contributed by atoms with Crippen molar-refractivity contribution in [3.05, 3.63) is 0 Å². The zero-order chi connectivity index (χ0) is 9.31. The van der Waals surface area contributed by atoms with E-state index in [1.54, 1.807) is 0 Å². The Balaban J connectivity index is 2.15. The molecule has 0 aromatic carbocycles. The lowest BCUT2D eigenvalue weighted by Crippen LogP contribution is -2.40. The molecule has 0 aromatic rings. The average Bonchev–Trinajstić information content (AvgIpc) is 2.73. The lowest BCUT2D eigenvalue weighted by Gasteiger charge is -2.31. The van der Waals surface area contributed by atoms with E-state index in [4.69, 9.17) is 9.47 Å². The molecule has 1 atom stereocenters. The van der Waals surface area contributed by atoms with Crippen molar-refractivity contribution >= 4 is 5.78 Å². The number of carbonyl (C=O) groups excluding carboxylic acids is 1. The van der Waals surface area contributed by atoms with Crippen molar-refractivity contribution in [1.29, 1.82) is 0 Å². The fraction of sp³-hybridized carbons (Fsp3) is 0.900. The Kier molecular flexibility index (Phi) is 2.39. The van der Waals surface area contributed by atoms with Crippen molar-refractivity contribution in [2.75, 3.05) is 13.2 Å². The second kappa shape index (κ2) is 3.39. The smallest absolute Gasteiger partial charge is 0.177 e. The number of Topliss-reactive ketones (excluding diaryl/α,β-unsaturated/α-hetero) is 1. The summed E-state index contributed by atoms with van der Waals surface area (Å²) in [6.07, 6.45) is 3.42. The fourth-order valence-electron chi connectivity index (χ4n) is 2.40. The average molecular weight is 184 g/mol. The van der Waals surface area contributed by atoms with E-state index in [1.807, 2.05) is 6.92 Å². The third-order valence-corrected chi connectivity index (χ3v) is 3.10. The first kappa shape index (κ1) is 9.16. The molecule has 13 heavy (non-hydrogen) atoms. The maximum absolute atomic E-state index is 11.6. The molecule has 1 saturated carbocycles. The third-order valence-electron chi connectivity index (χ3n) is 3.10. The van der Waals surface area contributed by atoms with E-state index in [-0.39, 0.29) is 5.92 Å². The van der Waals surface area contributed by atoms with Crippen molar-refractivity contribution in [3.63, 3.8) is 0 Å². The van der Waals surface area contributed by atoms with Gasteiger partial charge in [0.2, 0.25) is 0 Å². The molecule has 3 nitrogen and oxygen atoms in total. The van der Waals surface area contributed by atoms with Gasteiger partial charge in [-0.25, -0.2) is 0 Å². The number of hydrogen-bond donors (Lipinski definition) is 0. The van der Waals surface area contributed by atoms with Gasteiger partial charge in [0.05, 0.1) is 19.1 Å². The highest BCUT2D eigenvalue weighted by molar-refractivity contribution is 5.83. The van der Waals surface area contributed by atoms with E-state index in [9.17, 15) is 4.79 Å². The van der Waals surface area contributed by atoms with Crippen LogP contribution in [-0.4, -0.2) is 24.8 Å². The molecule has 0 N–H and O–H groups in total. The van der Waals surface area contributed by atoms with Gasteiger partial charge < -0.3 is 9.47 Å². The molecular weight excluding hydrogens is 168 g/mol. The molecule has 0 bridgehead atoms. The van der Waals surface area contributed by atoms with Crippen LogP contribution in [0.25, 0.3) is 0 Å². The summed E-state index contributed by atoms with van der Waals surface area (Å²) in [5.41, 5.74) is 0. The van der Waals surface area contributed by atoms with Gasteiger partial charge >= 0.3 is 0 Å². The van der Waals surface area contributed by atoms with Gasteiger partial charge in [0.1, 0.15) is 5.78 Å². The van der Waals surface area contributed by atoms with E-state index in [1.165, 1.54) is 0 Å². The van der Waals surface area contributed by atoms with Crippen LogP contribution >= 0.6 is 0 Å². The SMILES string of the molecule is CCC1(C2CCCC2=O)OCCO1. The predicted molar refractivity (Wildman–Crippen MR) is 47.3 cm³/mol. The first-order chi connectivity index (χ1) is 6.28. The molecule has 2 fully saturated rings. The summed E-state index contributed by atoms with van der Waals surface area (Å²) in [6.45, 7) is 3.30. The minimum Gasteiger partial charge on any atom is -0.347 e. The van der Waals surface area contributed by atoms with Crippen LogP contribution in [0.1, 0.15) is 32.6 Å². The number of hydrogen-bond acceptors (Lipinski definition) is 3. The minimum atomic E-state index is -0.562. The number of ether oxygens (including phenoxy) is 2. The fourth-order valence-corrected chi connectivity index (χ4v) is 2.40. The van der Waals surface area contributed by atoms with E-state index in [0.29, 0.717) is 25.4 Å². The first-order valence-electron chi connectivity index (χ1n) is 5.09. The van der Waals surface area contributed by atoms with Gasteiger partial charge in [0.15, 0.2) is 5.79 Å². The molecule has 0 amide bonds. The van der Waals surface area contributed by atoms with Crippen LogP contribution in [0, 0.1) is 5.92 Å². The summed E-state index contributed by atoms with van der Waals surface area (Å²) in [5.74, 6) is -0.239. The molecule has 1 heterocycles. The minimum absolute atomic E-state index is 0.000000000000000222. The summed E-state index contributed by atoms with van der Waals surface area (Å²) < 4.78 is 11.2. The van der Waals surface area contributed by atoms with Crippen LogP contribution < -0.4 is 0 Å². The van der Waals surface area contributed by atoms with Gasteiger partial charge in [-0.1, -0.05) is 6.92 Å². The summed E-state index contributed by atoms with van der Waals surface area (Å²) in [5, 5.41) is 0. The highest BCUT2D eigenvalue weighted by Crippen LogP contribution is 2.39. The van der Waals surface area contributed by atoms with Gasteiger partial charge in [0, 0.05) is 6.42 Å². The van der Waals surface area contributed by atoms with Crippen molar-refractivity contribution < 1.29 is 14.3 Å². The lowest BCUT2D eigenvalue weighted by atomic mass is 9.93. The Bertz CT molecular complexity index is 206. The Morgan fingerprint density at radius 1 is 1.46 bits per heavy atom. The highest BCUT2D eigenvalue weighted by atomic mass is 16.7. The Morgan fingerprint density at radius 3 is 2.62 bits per heavy atom. The van der Waals surface area contributed by atoms with E-state index >= 15 is 0 Å². The van der Waals surface area contributed by atoms with Crippen LogP contribution in [-0.2, 0) is 14.3 Å². The number of ketones is 1. The maximum Gasteiger partial charge on any atom is 0.177 e. The standard InChI is InChI=1S/C10H16O3/c1-2-10(12-6-7-13-10)8-4-3-5-9(8)11/h8H,2-7H2,1H3. The van der Waals surface area contributed by atoms with Crippen molar-refractivity contribution in [2.24, 2.45) is 5.92 Å². The molecule has 1 saturated heterocycles. The van der Waals surface area contributed by atoms with Crippen molar-refractivity contribution in [2.45, 2.75) is 38.4 Å². The Morgan fingerprint density at radius 2 is 2.15 bits per heavy atom. The number of rotatable bonds is 2. The first-order valence-corrected chi connectivity index (χ1v) is 5.09. The lowest BCUT2D eigenvalue weighted by molar-refractivity contribution is -0.196. The Labute approximate surface area is 78.4 Å². The largest absolute Gasteiger partial charge is 0.347 e. The van der Waals surface area contributed by atoms with Crippen LogP contribution in [0.2, 0.25) is 0 Å².